The van der Waals surface area contributed by atoms with Crippen molar-refractivity contribution in [3.8, 4) is 11.5 Å². The molecule has 0 atom stereocenters. The second-order valence-electron chi connectivity index (χ2n) is 6.64. The molecule has 0 radical (unpaired) electrons. The van der Waals surface area contributed by atoms with E-state index in [4.69, 9.17) is 20.9 Å². The number of nitrogens with zero attached hydrogens (tertiary/aromatic N) is 5. The van der Waals surface area contributed by atoms with E-state index in [9.17, 15) is 14.9 Å². The quantitative estimate of drug-likeness (QED) is 0.323. The molecule has 0 spiro atoms. The van der Waals surface area contributed by atoms with Crippen LogP contribution < -0.4 is 10.1 Å². The zero-order chi connectivity index (χ0) is 22.7. The Morgan fingerprint density at radius 2 is 2.16 bits per heavy atom. The third kappa shape index (κ3) is 4.73. The van der Waals surface area contributed by atoms with Crippen LogP contribution in [0.3, 0.4) is 0 Å². The maximum Gasteiger partial charge on any atom is 0.278 e. The molecule has 1 aromatic carbocycles. The normalized spacial score (nSPS) is 10.7. The number of nitro groups is 1. The molecule has 4 aromatic rings. The van der Waals surface area contributed by atoms with E-state index in [0.717, 1.165) is 0 Å². The molecule has 0 fully saturated rings. The van der Waals surface area contributed by atoms with Crippen molar-refractivity contribution in [1.82, 2.24) is 19.9 Å². The number of hydrogen-bond donors (Lipinski definition) is 1. The molecule has 0 saturated carbocycles. The summed E-state index contributed by atoms with van der Waals surface area (Å²) in [4.78, 5) is 27.6. The molecule has 1 amide bonds. The van der Waals surface area contributed by atoms with Gasteiger partial charge in [0.05, 0.1) is 40.6 Å². The summed E-state index contributed by atoms with van der Waals surface area (Å²) >= 11 is 5.89. The van der Waals surface area contributed by atoms with E-state index in [1.807, 2.05) is 0 Å². The average molecular weight is 455 g/mol. The number of carbonyl (C=O) groups excluding carboxylic acids is 1. The Morgan fingerprint density at radius 3 is 2.84 bits per heavy atom. The second kappa shape index (κ2) is 8.86. The molecule has 32 heavy (non-hydrogen) atoms. The van der Waals surface area contributed by atoms with Crippen LogP contribution in [-0.2, 0) is 6.54 Å². The van der Waals surface area contributed by atoms with Gasteiger partial charge in [-0.3, -0.25) is 24.6 Å². The van der Waals surface area contributed by atoms with E-state index in [1.165, 1.54) is 35.3 Å². The molecule has 0 bridgehead atoms. The molecule has 4 rings (SSSR count). The van der Waals surface area contributed by atoms with E-state index in [0.29, 0.717) is 22.1 Å². The zero-order valence-electron chi connectivity index (χ0n) is 16.6. The van der Waals surface area contributed by atoms with Gasteiger partial charge < -0.3 is 14.6 Å². The molecule has 0 aliphatic rings. The van der Waals surface area contributed by atoms with Crippen LogP contribution >= 0.6 is 11.6 Å². The highest BCUT2D eigenvalue weighted by atomic mass is 35.5. The summed E-state index contributed by atoms with van der Waals surface area (Å²) in [7, 11) is 0. The van der Waals surface area contributed by atoms with E-state index >= 15 is 0 Å². The Hall–Kier alpha value is -4.25. The number of carbonyl (C=O) groups is 1. The number of nitrogens with one attached hydrogen (secondary N) is 1. The predicted molar refractivity (Wildman–Crippen MR) is 113 cm³/mol. The van der Waals surface area contributed by atoms with Crippen molar-refractivity contribution in [2.75, 3.05) is 5.32 Å². The minimum atomic E-state index is -0.608. The first-order valence-corrected chi connectivity index (χ1v) is 9.58. The lowest BCUT2D eigenvalue weighted by Crippen LogP contribution is -2.16. The molecule has 0 aliphatic carbocycles. The maximum atomic E-state index is 12.9. The number of anilines is 1. The molecule has 1 N–H and O–H groups in total. The van der Waals surface area contributed by atoms with Crippen LogP contribution in [0.1, 0.15) is 21.8 Å². The number of aromatic nitrogens is 4. The molecule has 0 aliphatic heterocycles. The minimum absolute atomic E-state index is 0.0235. The fourth-order valence-corrected chi connectivity index (χ4v) is 3.05. The average Bonchev–Trinajstić information content (AvgIpc) is 3.34. The first-order valence-electron chi connectivity index (χ1n) is 9.21. The number of pyridine rings is 1. The molecule has 11 nitrogen and oxygen atoms in total. The Kier molecular flexibility index (Phi) is 5.81. The monoisotopic (exact) mass is 454 g/mol. The minimum Gasteiger partial charge on any atom is -0.455 e. The number of rotatable bonds is 7. The van der Waals surface area contributed by atoms with Gasteiger partial charge in [0.1, 0.15) is 17.3 Å². The van der Waals surface area contributed by atoms with Gasteiger partial charge in [0, 0.05) is 30.1 Å². The molecule has 162 valence electrons. The van der Waals surface area contributed by atoms with Gasteiger partial charge in [-0.1, -0.05) is 16.8 Å². The molecule has 0 saturated heterocycles. The van der Waals surface area contributed by atoms with E-state index < -0.39 is 10.8 Å². The van der Waals surface area contributed by atoms with Crippen molar-refractivity contribution in [1.29, 1.82) is 0 Å². The van der Waals surface area contributed by atoms with Crippen molar-refractivity contribution in [2.24, 2.45) is 0 Å². The van der Waals surface area contributed by atoms with Crippen LogP contribution in [0.2, 0.25) is 5.02 Å². The molecule has 12 heteroatoms. The largest absolute Gasteiger partial charge is 0.455 e. The van der Waals surface area contributed by atoms with Crippen LogP contribution in [-0.4, -0.2) is 30.8 Å². The lowest BCUT2D eigenvalue weighted by molar-refractivity contribution is -0.384. The Bertz CT molecular complexity index is 1290. The van der Waals surface area contributed by atoms with Crippen LogP contribution in [0, 0.1) is 17.0 Å². The highest BCUT2D eigenvalue weighted by Gasteiger charge is 2.22. The molecule has 0 unspecified atom stereocenters. The van der Waals surface area contributed by atoms with Gasteiger partial charge in [0.2, 0.25) is 0 Å². The fourth-order valence-electron chi connectivity index (χ4n) is 2.90. The summed E-state index contributed by atoms with van der Waals surface area (Å²) in [5.41, 5.74) is 0.413. The molecular weight excluding hydrogens is 440 g/mol. The van der Waals surface area contributed by atoms with Gasteiger partial charge in [0.15, 0.2) is 5.69 Å². The van der Waals surface area contributed by atoms with Crippen molar-refractivity contribution in [2.45, 2.75) is 13.5 Å². The third-order valence-electron chi connectivity index (χ3n) is 4.35. The Balaban J connectivity index is 1.60. The van der Waals surface area contributed by atoms with Crippen molar-refractivity contribution in [3.63, 3.8) is 0 Å². The predicted octanol–water partition coefficient (Wildman–Crippen LogP) is 4.23. The van der Waals surface area contributed by atoms with E-state index in [-0.39, 0.29) is 29.4 Å². The zero-order valence-corrected chi connectivity index (χ0v) is 17.3. The van der Waals surface area contributed by atoms with Crippen molar-refractivity contribution in [3.05, 3.63) is 87.3 Å². The standard InChI is InChI=1S/C20H15ClN6O5/c1-12-18(11-26-10-13(21)8-23-26)19(25-32-12)20(28)24-14-5-15(27(29)30)7-17(6-14)31-16-3-2-4-22-9-16/h2-10H,11H2,1H3,(H,24,28). The number of benzene rings is 1. The first-order chi connectivity index (χ1) is 15.4. The van der Waals surface area contributed by atoms with Gasteiger partial charge in [-0.05, 0) is 19.1 Å². The van der Waals surface area contributed by atoms with Crippen LogP contribution in [0.15, 0.2) is 59.6 Å². The van der Waals surface area contributed by atoms with Crippen LogP contribution in [0.25, 0.3) is 0 Å². The summed E-state index contributed by atoms with van der Waals surface area (Å²) in [5.74, 6) is 0.368. The Morgan fingerprint density at radius 1 is 1.31 bits per heavy atom. The van der Waals surface area contributed by atoms with Crippen molar-refractivity contribution < 1.29 is 19.0 Å². The van der Waals surface area contributed by atoms with Gasteiger partial charge in [-0.15, -0.1) is 0 Å². The molecular formula is C20H15ClN6O5. The Labute approximate surface area is 185 Å². The second-order valence-corrected chi connectivity index (χ2v) is 7.08. The number of hydrogen-bond acceptors (Lipinski definition) is 8. The van der Waals surface area contributed by atoms with Gasteiger partial charge in [-0.2, -0.15) is 5.10 Å². The number of aryl methyl sites for hydroxylation is 1. The lowest BCUT2D eigenvalue weighted by Gasteiger charge is -2.09. The number of nitro benzene ring substituents is 1. The highest BCUT2D eigenvalue weighted by Crippen LogP contribution is 2.30. The third-order valence-corrected chi connectivity index (χ3v) is 4.55. The molecule has 3 aromatic heterocycles. The van der Waals surface area contributed by atoms with Crippen LogP contribution in [0.5, 0.6) is 11.5 Å². The van der Waals surface area contributed by atoms with Crippen LogP contribution in [0.4, 0.5) is 11.4 Å². The maximum absolute atomic E-state index is 12.9. The fraction of sp³-hybridized carbons (Fsp3) is 0.100. The summed E-state index contributed by atoms with van der Waals surface area (Å²) in [6.07, 6.45) is 6.10. The van der Waals surface area contributed by atoms with E-state index in [1.54, 1.807) is 31.5 Å². The first kappa shape index (κ1) is 21.0. The van der Waals surface area contributed by atoms with E-state index in [2.05, 4.69) is 20.6 Å². The summed E-state index contributed by atoms with van der Waals surface area (Å²) < 4.78 is 12.3. The SMILES string of the molecule is Cc1onc(C(=O)Nc2cc(Oc3cccnc3)cc([N+](=O)[O-])c2)c1Cn1cc(Cl)cn1. The number of halogens is 1. The van der Waals surface area contributed by atoms with Crippen molar-refractivity contribution >= 4 is 28.9 Å². The summed E-state index contributed by atoms with van der Waals surface area (Å²) in [5, 5.41) is 22.3. The summed E-state index contributed by atoms with van der Waals surface area (Å²) in [6.45, 7) is 1.87. The smallest absolute Gasteiger partial charge is 0.278 e. The lowest BCUT2D eigenvalue weighted by atomic mass is 10.1. The summed E-state index contributed by atoms with van der Waals surface area (Å²) in [6, 6.07) is 7.23. The highest BCUT2D eigenvalue weighted by molar-refractivity contribution is 6.30. The number of non-ortho nitro benzene ring substituents is 1. The van der Waals surface area contributed by atoms with Gasteiger partial charge in [0.25, 0.3) is 11.6 Å². The van der Waals surface area contributed by atoms with Gasteiger partial charge >= 0.3 is 0 Å². The molecule has 3 heterocycles. The number of amides is 1. The topological polar surface area (TPSA) is 138 Å². The number of ether oxygens (including phenoxy) is 1. The van der Waals surface area contributed by atoms with Gasteiger partial charge in [-0.25, -0.2) is 0 Å².